The zero-order valence-electron chi connectivity index (χ0n) is 15.9. The maximum absolute atomic E-state index is 12.0. The monoisotopic (exact) mass is 360 g/mol. The van der Waals surface area contributed by atoms with Crippen LogP contribution >= 0.6 is 0 Å². The molecule has 6 nitrogen and oxygen atoms in total. The number of benzene rings is 2. The Labute approximate surface area is 153 Å². The summed E-state index contributed by atoms with van der Waals surface area (Å²) in [5.74, 6) is 1.72. The highest BCUT2D eigenvalue weighted by Crippen LogP contribution is 2.47. The Kier molecular flexibility index (Phi) is 6.10. The third kappa shape index (κ3) is 3.60. The van der Waals surface area contributed by atoms with Crippen molar-refractivity contribution in [1.29, 1.82) is 0 Å². The normalized spacial score (nSPS) is 11.7. The minimum atomic E-state index is -0.711. The Bertz CT molecular complexity index is 810. The number of ether oxygens (including phenoxy) is 4. The van der Waals surface area contributed by atoms with E-state index < -0.39 is 6.10 Å². The van der Waals surface area contributed by atoms with Crippen LogP contribution in [-0.2, 0) is 0 Å². The van der Waals surface area contributed by atoms with Crippen molar-refractivity contribution in [2.24, 2.45) is 0 Å². The van der Waals surface area contributed by atoms with Crippen molar-refractivity contribution >= 4 is 5.78 Å². The molecule has 0 radical (unpaired) electrons. The lowest BCUT2D eigenvalue weighted by atomic mass is 9.95. The highest BCUT2D eigenvalue weighted by Gasteiger charge is 2.22. The van der Waals surface area contributed by atoms with E-state index in [9.17, 15) is 9.90 Å². The molecule has 0 saturated carbocycles. The fraction of sp³-hybridized carbons (Fsp3) is 0.350. The molecule has 0 aliphatic rings. The number of Topliss-reactive ketones (excluding diaryl/α,β-unsaturated/α-hetero) is 1. The third-order valence-electron chi connectivity index (χ3n) is 4.16. The van der Waals surface area contributed by atoms with Crippen molar-refractivity contribution in [2.75, 3.05) is 28.4 Å². The van der Waals surface area contributed by atoms with Gasteiger partial charge in [-0.15, -0.1) is 0 Å². The van der Waals surface area contributed by atoms with E-state index in [0.29, 0.717) is 45.3 Å². The minimum Gasteiger partial charge on any atom is -0.493 e. The quantitative estimate of drug-likeness (QED) is 0.760. The third-order valence-corrected chi connectivity index (χ3v) is 4.16. The Morgan fingerprint density at radius 2 is 1.35 bits per heavy atom. The van der Waals surface area contributed by atoms with E-state index in [1.807, 2.05) is 0 Å². The van der Waals surface area contributed by atoms with Crippen LogP contribution in [0.1, 0.15) is 35.9 Å². The smallest absolute Gasteiger partial charge is 0.168 e. The standard InChI is InChI=1S/C20H24O6/c1-11(21)13-7-15(19(25-5)17(9-13)23-3)16-8-14(12(2)22)10-18(24-4)20(16)26-6/h7-11,21H,1-6H3. The van der Waals surface area contributed by atoms with Gasteiger partial charge in [0, 0.05) is 16.7 Å². The number of hydrogen-bond acceptors (Lipinski definition) is 6. The van der Waals surface area contributed by atoms with E-state index >= 15 is 0 Å². The Morgan fingerprint density at radius 1 is 0.846 bits per heavy atom. The van der Waals surface area contributed by atoms with Gasteiger partial charge in [-0.05, 0) is 43.7 Å². The summed E-state index contributed by atoms with van der Waals surface area (Å²) in [6, 6.07) is 6.85. The van der Waals surface area contributed by atoms with Gasteiger partial charge in [0.15, 0.2) is 28.8 Å². The van der Waals surface area contributed by atoms with Gasteiger partial charge in [-0.2, -0.15) is 0 Å². The van der Waals surface area contributed by atoms with Gasteiger partial charge in [0.1, 0.15) is 0 Å². The first-order valence-electron chi connectivity index (χ1n) is 8.09. The van der Waals surface area contributed by atoms with Crippen molar-refractivity contribution in [1.82, 2.24) is 0 Å². The molecule has 0 heterocycles. The number of methoxy groups -OCH3 is 4. The molecule has 0 aliphatic heterocycles. The predicted molar refractivity (Wildman–Crippen MR) is 98.7 cm³/mol. The number of rotatable bonds is 7. The van der Waals surface area contributed by atoms with Crippen molar-refractivity contribution in [2.45, 2.75) is 20.0 Å². The molecule has 0 amide bonds. The molecule has 0 saturated heterocycles. The molecule has 0 fully saturated rings. The summed E-state index contributed by atoms with van der Waals surface area (Å²) in [6.07, 6.45) is -0.711. The van der Waals surface area contributed by atoms with Crippen LogP contribution in [0.25, 0.3) is 11.1 Å². The first-order valence-corrected chi connectivity index (χ1v) is 8.09. The second kappa shape index (κ2) is 8.10. The summed E-state index contributed by atoms with van der Waals surface area (Å²) in [6.45, 7) is 3.14. The van der Waals surface area contributed by atoms with Crippen LogP contribution in [-0.4, -0.2) is 39.3 Å². The Morgan fingerprint density at radius 3 is 1.77 bits per heavy atom. The molecule has 26 heavy (non-hydrogen) atoms. The maximum Gasteiger partial charge on any atom is 0.168 e. The SMILES string of the molecule is COc1cc(C(C)=O)cc(-c2cc(C(C)O)cc(OC)c2OC)c1OC. The number of ketones is 1. The summed E-state index contributed by atoms with van der Waals surface area (Å²) in [5, 5.41) is 10.0. The fourth-order valence-corrected chi connectivity index (χ4v) is 2.79. The lowest BCUT2D eigenvalue weighted by molar-refractivity contribution is 0.101. The number of carbonyl (C=O) groups is 1. The van der Waals surface area contributed by atoms with Gasteiger partial charge >= 0.3 is 0 Å². The first-order chi connectivity index (χ1) is 12.4. The van der Waals surface area contributed by atoms with Gasteiger partial charge in [-0.25, -0.2) is 0 Å². The fourth-order valence-electron chi connectivity index (χ4n) is 2.79. The van der Waals surface area contributed by atoms with Gasteiger partial charge < -0.3 is 24.1 Å². The van der Waals surface area contributed by atoms with E-state index in [-0.39, 0.29) is 5.78 Å². The molecular weight excluding hydrogens is 336 g/mol. The number of aliphatic hydroxyl groups excluding tert-OH is 1. The van der Waals surface area contributed by atoms with Gasteiger partial charge in [0.2, 0.25) is 0 Å². The Balaban J connectivity index is 2.91. The largest absolute Gasteiger partial charge is 0.493 e. The van der Waals surface area contributed by atoms with Gasteiger partial charge in [0.25, 0.3) is 0 Å². The second-order valence-corrected chi connectivity index (χ2v) is 5.80. The molecule has 2 aromatic carbocycles. The number of hydrogen-bond donors (Lipinski definition) is 1. The highest BCUT2D eigenvalue weighted by molar-refractivity contribution is 5.97. The summed E-state index contributed by atoms with van der Waals surface area (Å²) in [7, 11) is 6.09. The molecule has 0 spiro atoms. The maximum atomic E-state index is 12.0. The molecule has 1 N–H and O–H groups in total. The molecule has 0 aromatic heterocycles. The van der Waals surface area contributed by atoms with Crippen molar-refractivity contribution in [3.05, 3.63) is 35.4 Å². The van der Waals surface area contributed by atoms with Crippen LogP contribution in [0.4, 0.5) is 0 Å². The molecule has 140 valence electrons. The number of carbonyl (C=O) groups excluding carboxylic acids is 1. The summed E-state index contributed by atoms with van der Waals surface area (Å²) >= 11 is 0. The predicted octanol–water partition coefficient (Wildman–Crippen LogP) is 3.64. The van der Waals surface area contributed by atoms with E-state index in [2.05, 4.69) is 0 Å². The first kappa shape index (κ1) is 19.6. The summed E-state index contributed by atoms with van der Waals surface area (Å²) < 4.78 is 21.9. The average molecular weight is 360 g/mol. The molecule has 0 aliphatic carbocycles. The van der Waals surface area contributed by atoms with E-state index in [1.165, 1.54) is 35.4 Å². The summed E-state index contributed by atoms with van der Waals surface area (Å²) in [4.78, 5) is 12.0. The molecule has 2 rings (SSSR count). The van der Waals surface area contributed by atoms with Crippen molar-refractivity contribution < 1.29 is 28.8 Å². The highest BCUT2D eigenvalue weighted by atomic mass is 16.5. The molecule has 1 unspecified atom stereocenters. The number of aliphatic hydroxyl groups is 1. The lowest BCUT2D eigenvalue weighted by Crippen LogP contribution is -2.02. The van der Waals surface area contributed by atoms with E-state index in [4.69, 9.17) is 18.9 Å². The summed E-state index contributed by atoms with van der Waals surface area (Å²) in [5.41, 5.74) is 2.35. The van der Waals surface area contributed by atoms with Crippen LogP contribution in [0.5, 0.6) is 23.0 Å². The average Bonchev–Trinajstić information content (AvgIpc) is 2.65. The molecule has 1 atom stereocenters. The van der Waals surface area contributed by atoms with Gasteiger partial charge in [-0.1, -0.05) is 0 Å². The van der Waals surface area contributed by atoms with E-state index in [0.717, 1.165) is 0 Å². The van der Waals surface area contributed by atoms with Crippen LogP contribution in [0.15, 0.2) is 24.3 Å². The molecule has 0 bridgehead atoms. The van der Waals surface area contributed by atoms with Gasteiger partial charge in [0.05, 0.1) is 34.5 Å². The minimum absolute atomic E-state index is 0.107. The zero-order valence-corrected chi connectivity index (χ0v) is 15.9. The zero-order chi connectivity index (χ0) is 19.4. The second-order valence-electron chi connectivity index (χ2n) is 5.80. The van der Waals surface area contributed by atoms with Crippen LogP contribution in [0, 0.1) is 0 Å². The topological polar surface area (TPSA) is 74.2 Å². The molecule has 2 aromatic rings. The van der Waals surface area contributed by atoms with Crippen LogP contribution in [0.2, 0.25) is 0 Å². The lowest BCUT2D eigenvalue weighted by Gasteiger charge is -2.20. The molecular formula is C20H24O6. The van der Waals surface area contributed by atoms with Crippen molar-refractivity contribution in [3.8, 4) is 34.1 Å². The van der Waals surface area contributed by atoms with Crippen LogP contribution in [0.3, 0.4) is 0 Å². The van der Waals surface area contributed by atoms with E-state index in [1.54, 1.807) is 31.2 Å². The van der Waals surface area contributed by atoms with Gasteiger partial charge in [-0.3, -0.25) is 4.79 Å². The van der Waals surface area contributed by atoms with Crippen molar-refractivity contribution in [3.63, 3.8) is 0 Å². The molecule has 6 heteroatoms. The Hall–Kier alpha value is -2.73. The van der Waals surface area contributed by atoms with Crippen LogP contribution < -0.4 is 18.9 Å².